The Labute approximate surface area is 242 Å². The number of nitrogens with one attached hydrogen (secondary N) is 2. The molecule has 8 nitrogen and oxygen atoms in total. The molecule has 2 heterocycles. The zero-order chi connectivity index (χ0) is 30.6. The number of anilines is 2. The number of aromatic nitrogens is 2. The monoisotopic (exact) mass is 630 g/mol. The van der Waals surface area contributed by atoms with E-state index in [-0.39, 0.29) is 29.3 Å². The molecule has 0 radical (unpaired) electrons. The smallest absolute Gasteiger partial charge is 0.427 e. The number of halogens is 6. The van der Waals surface area contributed by atoms with Crippen molar-refractivity contribution >= 4 is 39.0 Å². The molecule has 2 saturated carbocycles. The largest absolute Gasteiger partial charge is 0.465 e. The number of rotatable bonds is 5. The molecule has 0 unspecified atom stereocenters. The van der Waals surface area contributed by atoms with Gasteiger partial charge in [-0.05, 0) is 72.1 Å². The van der Waals surface area contributed by atoms with Crippen LogP contribution < -0.4 is 16.4 Å². The first-order valence-corrected chi connectivity index (χ1v) is 14.9. The number of thiazole rings is 2. The quantitative estimate of drug-likeness (QED) is 0.253. The molecule has 2 aliphatic carbocycles. The Bertz CT molecular complexity index is 1130. The molecule has 4 atom stereocenters. The highest BCUT2D eigenvalue weighted by atomic mass is 32.1. The first kappa shape index (κ1) is 33.2. The summed E-state index contributed by atoms with van der Waals surface area (Å²) < 4.78 is 75.0. The minimum Gasteiger partial charge on any atom is -0.465 e. The zero-order valence-corrected chi connectivity index (χ0v) is 24.6. The number of amides is 1. The summed E-state index contributed by atoms with van der Waals surface area (Å²) in [4.78, 5) is 19.2. The summed E-state index contributed by atoms with van der Waals surface area (Å²) >= 11 is 1.22. The summed E-state index contributed by atoms with van der Waals surface area (Å²) in [7, 11) is 0. The highest BCUT2D eigenvalue weighted by Crippen LogP contribution is 2.37. The number of alkyl halides is 6. The van der Waals surface area contributed by atoms with Crippen LogP contribution in [-0.4, -0.2) is 55.8 Å². The molecule has 4 rings (SSSR count). The van der Waals surface area contributed by atoms with Crippen LogP contribution in [0.25, 0.3) is 0 Å². The van der Waals surface area contributed by atoms with E-state index in [0.29, 0.717) is 34.2 Å². The van der Waals surface area contributed by atoms with Gasteiger partial charge in [-0.2, -0.15) is 26.3 Å². The molecule has 2 fully saturated rings. The minimum absolute atomic E-state index is 0.0832. The van der Waals surface area contributed by atoms with E-state index in [2.05, 4.69) is 20.6 Å². The number of nitrogens with zero attached hydrogens (tertiary/aromatic N) is 3. The van der Waals surface area contributed by atoms with Gasteiger partial charge in [-0.25, -0.2) is 14.8 Å². The average Bonchev–Trinajstić information content (AvgIpc) is 3.48. The maximum absolute atomic E-state index is 12.6. The van der Waals surface area contributed by atoms with Gasteiger partial charge < -0.3 is 26.4 Å². The van der Waals surface area contributed by atoms with E-state index in [0.717, 1.165) is 57.3 Å². The SMILES string of the molecule is CC(C)(C)N(C(=O)O)[C@H]1CCC[C@@H](Nc2ncc(C(F)(F)F)s2)C1.N[C@H]1CCC[C@@H](Nc2ncc(C(F)(F)F)s2)C1. The second-order valence-corrected chi connectivity index (χ2v) is 13.4. The first-order chi connectivity index (χ1) is 18.9. The molecule has 0 aromatic carbocycles. The van der Waals surface area contributed by atoms with Crippen molar-refractivity contribution in [1.82, 2.24) is 14.9 Å². The third kappa shape index (κ3) is 9.87. The molecule has 5 N–H and O–H groups in total. The Morgan fingerprint density at radius 2 is 1.34 bits per heavy atom. The standard InChI is InChI=1S/C15H22F3N3O2S.C10H14F3N3S/c1-14(2,3)21(13(22)23)10-6-4-5-9(7-10)20-12-19-8-11(24-12)15(16,17)18;11-10(12,13)8-5-15-9(17-8)16-7-3-1-2-6(14)4-7/h8-10H,4-7H2,1-3H3,(H,19,20)(H,22,23);5-7H,1-4,14H2,(H,15,16)/t9-,10+;6-,7+/m10/s1. The third-order valence-electron chi connectivity index (χ3n) is 6.88. The van der Waals surface area contributed by atoms with E-state index >= 15 is 0 Å². The van der Waals surface area contributed by atoms with Crippen molar-refractivity contribution < 1.29 is 36.2 Å². The van der Waals surface area contributed by atoms with Crippen LogP contribution in [0.2, 0.25) is 0 Å². The Balaban J connectivity index is 0.000000239. The van der Waals surface area contributed by atoms with Crippen molar-refractivity contribution in [3.05, 3.63) is 22.1 Å². The summed E-state index contributed by atoms with van der Waals surface area (Å²) in [5.74, 6) is 0. The van der Waals surface area contributed by atoms with E-state index in [9.17, 15) is 36.2 Å². The fourth-order valence-electron chi connectivity index (χ4n) is 5.17. The number of carboxylic acid groups (broad SMARTS) is 1. The minimum atomic E-state index is -4.39. The van der Waals surface area contributed by atoms with E-state index in [1.165, 1.54) is 4.90 Å². The molecule has 1 amide bonds. The van der Waals surface area contributed by atoms with E-state index in [4.69, 9.17) is 5.73 Å². The van der Waals surface area contributed by atoms with Crippen LogP contribution in [0, 0.1) is 0 Å². The number of nitrogens with two attached hydrogens (primary N) is 1. The van der Waals surface area contributed by atoms with E-state index < -0.39 is 33.7 Å². The van der Waals surface area contributed by atoms with E-state index in [1.807, 2.05) is 20.8 Å². The summed E-state index contributed by atoms with van der Waals surface area (Å²) in [5.41, 5.74) is 5.29. The molecule has 2 aromatic heterocycles. The third-order valence-corrected chi connectivity index (χ3v) is 8.83. The van der Waals surface area contributed by atoms with Crippen molar-refractivity contribution in [3.63, 3.8) is 0 Å². The summed E-state index contributed by atoms with van der Waals surface area (Å²) in [6.07, 6.45) is -1.31. The first-order valence-electron chi connectivity index (χ1n) is 13.3. The summed E-state index contributed by atoms with van der Waals surface area (Å²) in [6.45, 7) is 5.53. The number of hydrogen-bond donors (Lipinski definition) is 4. The summed E-state index contributed by atoms with van der Waals surface area (Å²) in [6, 6.07) is 0.0465. The van der Waals surface area contributed by atoms with E-state index in [1.54, 1.807) is 0 Å². The van der Waals surface area contributed by atoms with Crippen LogP contribution in [0.3, 0.4) is 0 Å². The van der Waals surface area contributed by atoms with Gasteiger partial charge in [-0.15, -0.1) is 0 Å². The fraction of sp³-hybridized carbons (Fsp3) is 0.720. The van der Waals surface area contributed by atoms with Crippen LogP contribution in [0.5, 0.6) is 0 Å². The van der Waals surface area contributed by atoms with Gasteiger partial charge in [0.15, 0.2) is 10.3 Å². The molecule has 0 bridgehead atoms. The molecular weight excluding hydrogens is 594 g/mol. The topological polar surface area (TPSA) is 116 Å². The Hall–Kier alpha value is -2.33. The Kier molecular flexibility index (Phi) is 10.8. The molecular formula is C25H36F6N6O2S2. The molecule has 0 aliphatic heterocycles. The van der Waals surface area contributed by atoms with Gasteiger partial charge in [-0.1, -0.05) is 22.7 Å². The second-order valence-electron chi connectivity index (χ2n) is 11.3. The number of carbonyl (C=O) groups is 1. The lowest BCUT2D eigenvalue weighted by Gasteiger charge is -2.43. The van der Waals surface area contributed by atoms with Gasteiger partial charge in [0.1, 0.15) is 9.75 Å². The van der Waals surface area contributed by atoms with Crippen LogP contribution in [0.15, 0.2) is 12.4 Å². The molecule has 0 saturated heterocycles. The van der Waals surface area contributed by atoms with Crippen molar-refractivity contribution in [3.8, 4) is 0 Å². The molecule has 2 aliphatic rings. The van der Waals surface area contributed by atoms with Crippen molar-refractivity contribution in [2.75, 3.05) is 10.6 Å². The van der Waals surface area contributed by atoms with Gasteiger partial charge >= 0.3 is 18.4 Å². The maximum Gasteiger partial charge on any atom is 0.427 e. The lowest BCUT2D eigenvalue weighted by molar-refractivity contribution is -0.135. The van der Waals surface area contributed by atoms with Crippen LogP contribution in [0.4, 0.5) is 41.4 Å². The van der Waals surface area contributed by atoms with Gasteiger partial charge in [0, 0.05) is 29.7 Å². The lowest BCUT2D eigenvalue weighted by Crippen LogP contribution is -2.53. The van der Waals surface area contributed by atoms with Gasteiger partial charge in [-0.3, -0.25) is 0 Å². The molecule has 41 heavy (non-hydrogen) atoms. The Morgan fingerprint density at radius 1 is 0.878 bits per heavy atom. The maximum atomic E-state index is 12.6. The predicted molar refractivity (Wildman–Crippen MR) is 147 cm³/mol. The summed E-state index contributed by atoms with van der Waals surface area (Å²) in [5, 5.41) is 16.1. The van der Waals surface area contributed by atoms with Crippen LogP contribution in [-0.2, 0) is 12.4 Å². The fourth-order valence-corrected chi connectivity index (χ4v) is 6.69. The Morgan fingerprint density at radius 3 is 1.73 bits per heavy atom. The predicted octanol–water partition coefficient (Wildman–Crippen LogP) is 7.51. The molecule has 232 valence electrons. The normalized spacial score (nSPS) is 23.8. The van der Waals surface area contributed by atoms with Gasteiger partial charge in [0.05, 0.1) is 12.4 Å². The number of hydrogen-bond acceptors (Lipinski definition) is 8. The van der Waals surface area contributed by atoms with Crippen molar-refractivity contribution in [2.24, 2.45) is 5.73 Å². The highest BCUT2D eigenvalue weighted by Gasteiger charge is 2.37. The molecule has 2 aromatic rings. The van der Waals surface area contributed by atoms with Gasteiger partial charge in [0.2, 0.25) is 0 Å². The van der Waals surface area contributed by atoms with Crippen LogP contribution in [0.1, 0.15) is 81.9 Å². The van der Waals surface area contributed by atoms with Gasteiger partial charge in [0.25, 0.3) is 0 Å². The highest BCUT2D eigenvalue weighted by molar-refractivity contribution is 7.16. The van der Waals surface area contributed by atoms with Crippen LogP contribution >= 0.6 is 22.7 Å². The average molecular weight is 631 g/mol. The van der Waals surface area contributed by atoms with Crippen molar-refractivity contribution in [2.45, 2.75) is 114 Å². The molecule has 16 heteroatoms. The zero-order valence-electron chi connectivity index (χ0n) is 23.0. The molecule has 0 spiro atoms. The lowest BCUT2D eigenvalue weighted by atomic mass is 9.88. The van der Waals surface area contributed by atoms with Crippen molar-refractivity contribution in [1.29, 1.82) is 0 Å². The second kappa shape index (κ2) is 13.3.